The Balaban J connectivity index is 1.99. The van der Waals surface area contributed by atoms with Gasteiger partial charge in [0.25, 0.3) is 0 Å². The fraction of sp³-hybridized carbons (Fsp3) is 0.882. The highest BCUT2D eigenvalue weighted by Gasteiger charge is 2.38. The summed E-state index contributed by atoms with van der Waals surface area (Å²) in [5.41, 5.74) is 0. The summed E-state index contributed by atoms with van der Waals surface area (Å²) in [5.74, 6) is 1.08. The molecule has 0 aliphatic carbocycles. The largest absolute Gasteiger partial charge is 0.338 e. The van der Waals surface area contributed by atoms with Gasteiger partial charge in [-0.05, 0) is 38.5 Å². The summed E-state index contributed by atoms with van der Waals surface area (Å²) in [6, 6.07) is 0.0761. The standard InChI is InChI=1S/C17H30N2O2/c1-13(2)7-6-8-14(3)18-12-10-16(20)19-11-5-4-9-15(19)17(18)21/h13-15H,4-12H2,1-3H3. The van der Waals surface area contributed by atoms with Crippen molar-refractivity contribution >= 4 is 11.8 Å². The molecule has 2 fully saturated rings. The molecule has 4 heteroatoms. The average molecular weight is 294 g/mol. The first-order chi connectivity index (χ1) is 10.0. The molecular formula is C17H30N2O2. The van der Waals surface area contributed by atoms with Crippen molar-refractivity contribution in [1.29, 1.82) is 0 Å². The Morgan fingerprint density at radius 2 is 1.86 bits per heavy atom. The van der Waals surface area contributed by atoms with Crippen LogP contribution in [0.5, 0.6) is 0 Å². The number of nitrogens with zero attached hydrogens (tertiary/aromatic N) is 2. The summed E-state index contributed by atoms with van der Waals surface area (Å²) in [4.78, 5) is 28.8. The number of carbonyl (C=O) groups excluding carboxylic acids is 2. The molecule has 2 amide bonds. The molecule has 0 aromatic carbocycles. The van der Waals surface area contributed by atoms with Gasteiger partial charge >= 0.3 is 0 Å². The molecule has 2 saturated heterocycles. The van der Waals surface area contributed by atoms with Crippen molar-refractivity contribution < 1.29 is 9.59 Å². The Kier molecular flexibility index (Phi) is 5.65. The lowest BCUT2D eigenvalue weighted by atomic mass is 9.99. The van der Waals surface area contributed by atoms with Crippen molar-refractivity contribution in [3.8, 4) is 0 Å². The van der Waals surface area contributed by atoms with E-state index in [2.05, 4.69) is 20.8 Å². The quantitative estimate of drug-likeness (QED) is 0.782. The average Bonchev–Trinajstić information content (AvgIpc) is 2.58. The second-order valence-corrected chi connectivity index (χ2v) is 7.05. The minimum Gasteiger partial charge on any atom is -0.338 e. The third-order valence-electron chi connectivity index (χ3n) is 4.89. The molecule has 2 aliphatic heterocycles. The predicted molar refractivity (Wildman–Crippen MR) is 83.8 cm³/mol. The van der Waals surface area contributed by atoms with Gasteiger partial charge in [-0.2, -0.15) is 0 Å². The summed E-state index contributed by atoms with van der Waals surface area (Å²) in [7, 11) is 0. The topological polar surface area (TPSA) is 40.6 Å². The van der Waals surface area contributed by atoms with Crippen LogP contribution in [0.4, 0.5) is 0 Å². The highest BCUT2D eigenvalue weighted by atomic mass is 16.2. The lowest BCUT2D eigenvalue weighted by molar-refractivity contribution is -0.144. The molecule has 0 aromatic rings. The van der Waals surface area contributed by atoms with Gasteiger partial charge in [0, 0.05) is 25.6 Å². The number of carbonyl (C=O) groups is 2. The van der Waals surface area contributed by atoms with Gasteiger partial charge in [-0.25, -0.2) is 0 Å². The first-order valence-electron chi connectivity index (χ1n) is 8.60. The van der Waals surface area contributed by atoms with E-state index in [1.54, 1.807) is 0 Å². The predicted octanol–water partition coefficient (Wildman–Crippen LogP) is 2.81. The first-order valence-corrected chi connectivity index (χ1v) is 8.60. The molecule has 21 heavy (non-hydrogen) atoms. The van der Waals surface area contributed by atoms with E-state index >= 15 is 0 Å². The molecule has 2 atom stereocenters. The van der Waals surface area contributed by atoms with Crippen molar-refractivity contribution in [2.24, 2.45) is 5.92 Å². The van der Waals surface area contributed by atoms with E-state index < -0.39 is 0 Å². The van der Waals surface area contributed by atoms with Gasteiger partial charge in [0.15, 0.2) is 0 Å². The van der Waals surface area contributed by atoms with Gasteiger partial charge in [-0.15, -0.1) is 0 Å². The summed E-state index contributed by atoms with van der Waals surface area (Å²) >= 11 is 0. The zero-order valence-corrected chi connectivity index (χ0v) is 13.8. The third kappa shape index (κ3) is 3.98. The minimum atomic E-state index is -0.179. The van der Waals surface area contributed by atoms with Gasteiger partial charge in [-0.3, -0.25) is 9.59 Å². The van der Waals surface area contributed by atoms with Crippen molar-refractivity contribution in [1.82, 2.24) is 9.80 Å². The van der Waals surface area contributed by atoms with E-state index in [4.69, 9.17) is 0 Å². The van der Waals surface area contributed by atoms with Crippen LogP contribution in [0.3, 0.4) is 0 Å². The zero-order valence-electron chi connectivity index (χ0n) is 13.8. The lowest BCUT2D eigenvalue weighted by Gasteiger charge is -2.36. The monoisotopic (exact) mass is 294 g/mol. The molecule has 0 radical (unpaired) electrons. The summed E-state index contributed by atoms with van der Waals surface area (Å²) in [6.45, 7) is 7.99. The first kappa shape index (κ1) is 16.3. The summed E-state index contributed by atoms with van der Waals surface area (Å²) in [5, 5.41) is 0. The van der Waals surface area contributed by atoms with Gasteiger partial charge in [0.1, 0.15) is 6.04 Å². The fourth-order valence-corrected chi connectivity index (χ4v) is 3.56. The molecule has 0 spiro atoms. The fourth-order valence-electron chi connectivity index (χ4n) is 3.56. The Morgan fingerprint density at radius 3 is 2.57 bits per heavy atom. The Labute approximate surface area is 128 Å². The summed E-state index contributed by atoms with van der Waals surface area (Å²) < 4.78 is 0. The number of piperidine rings is 1. The van der Waals surface area contributed by atoms with Crippen LogP contribution in [0.25, 0.3) is 0 Å². The molecule has 0 aromatic heterocycles. The van der Waals surface area contributed by atoms with Crippen LogP contribution in [0.2, 0.25) is 0 Å². The molecule has 0 bridgehead atoms. The van der Waals surface area contributed by atoms with Crippen molar-refractivity contribution in [2.45, 2.75) is 77.8 Å². The van der Waals surface area contributed by atoms with Gasteiger partial charge < -0.3 is 9.80 Å². The molecule has 120 valence electrons. The van der Waals surface area contributed by atoms with Crippen LogP contribution in [0.15, 0.2) is 0 Å². The van der Waals surface area contributed by atoms with Gasteiger partial charge in [0.2, 0.25) is 11.8 Å². The molecule has 0 saturated carbocycles. The van der Waals surface area contributed by atoms with Gasteiger partial charge in [0.05, 0.1) is 0 Å². The Bertz CT molecular complexity index is 381. The molecule has 0 N–H and O–H groups in total. The van der Waals surface area contributed by atoms with Gasteiger partial charge in [-0.1, -0.05) is 26.7 Å². The second-order valence-electron chi connectivity index (χ2n) is 7.05. The van der Waals surface area contributed by atoms with Crippen LogP contribution in [0.1, 0.15) is 65.7 Å². The lowest BCUT2D eigenvalue weighted by Crippen LogP contribution is -2.51. The van der Waals surface area contributed by atoms with E-state index in [-0.39, 0.29) is 23.9 Å². The molecule has 4 nitrogen and oxygen atoms in total. The number of hydrogen-bond donors (Lipinski definition) is 0. The number of fused-ring (bicyclic) bond motifs is 1. The van der Waals surface area contributed by atoms with Crippen LogP contribution in [-0.4, -0.2) is 46.8 Å². The molecule has 2 aliphatic rings. The highest BCUT2D eigenvalue weighted by molar-refractivity contribution is 5.90. The minimum absolute atomic E-state index is 0.171. The normalized spacial score (nSPS) is 25.0. The van der Waals surface area contributed by atoms with Crippen LogP contribution < -0.4 is 0 Å². The van der Waals surface area contributed by atoms with Crippen molar-refractivity contribution in [3.63, 3.8) is 0 Å². The molecule has 2 rings (SSSR count). The second kappa shape index (κ2) is 7.28. The zero-order chi connectivity index (χ0) is 15.4. The highest BCUT2D eigenvalue weighted by Crippen LogP contribution is 2.25. The Hall–Kier alpha value is -1.06. The van der Waals surface area contributed by atoms with E-state index in [1.165, 1.54) is 6.42 Å². The number of amides is 2. The van der Waals surface area contributed by atoms with E-state index in [1.807, 2.05) is 9.80 Å². The maximum atomic E-state index is 12.8. The number of rotatable bonds is 5. The smallest absolute Gasteiger partial charge is 0.245 e. The number of hydrogen-bond acceptors (Lipinski definition) is 2. The molecule has 2 unspecified atom stereocenters. The van der Waals surface area contributed by atoms with E-state index in [0.717, 1.165) is 38.6 Å². The summed E-state index contributed by atoms with van der Waals surface area (Å²) in [6.07, 6.45) is 6.86. The van der Waals surface area contributed by atoms with Crippen molar-refractivity contribution in [3.05, 3.63) is 0 Å². The van der Waals surface area contributed by atoms with Crippen LogP contribution in [0, 0.1) is 5.92 Å². The van der Waals surface area contributed by atoms with Crippen LogP contribution >= 0.6 is 0 Å². The van der Waals surface area contributed by atoms with E-state index in [0.29, 0.717) is 18.9 Å². The Morgan fingerprint density at radius 1 is 1.10 bits per heavy atom. The van der Waals surface area contributed by atoms with Crippen LogP contribution in [-0.2, 0) is 9.59 Å². The third-order valence-corrected chi connectivity index (χ3v) is 4.89. The van der Waals surface area contributed by atoms with Crippen molar-refractivity contribution in [2.75, 3.05) is 13.1 Å². The van der Waals surface area contributed by atoms with E-state index in [9.17, 15) is 9.59 Å². The maximum Gasteiger partial charge on any atom is 0.245 e. The SMILES string of the molecule is CC(C)CCCC(C)N1CCC(=O)N2CCCCC2C1=O. The maximum absolute atomic E-state index is 12.8. The molecule has 2 heterocycles. The molecular weight excluding hydrogens is 264 g/mol.